The molecule has 1 aromatic carbocycles. The Bertz CT molecular complexity index is 973. The van der Waals surface area contributed by atoms with Gasteiger partial charge >= 0.3 is 6.36 Å². The fourth-order valence-corrected chi connectivity index (χ4v) is 2.56. The minimum Gasteiger partial charge on any atom is -0.406 e. The molecule has 0 fully saturated rings. The van der Waals surface area contributed by atoms with Crippen LogP contribution < -0.4 is 10.3 Å². The third-order valence-electron chi connectivity index (χ3n) is 3.62. The summed E-state index contributed by atoms with van der Waals surface area (Å²) < 4.78 is 47.2. The van der Waals surface area contributed by atoms with Crippen molar-refractivity contribution < 1.29 is 22.4 Å². The van der Waals surface area contributed by atoms with Crippen molar-refractivity contribution in [3.8, 4) is 17.0 Å². The summed E-state index contributed by atoms with van der Waals surface area (Å²) in [5.74, 6) is 0.200. The van der Waals surface area contributed by atoms with Gasteiger partial charge in [0.15, 0.2) is 0 Å². The van der Waals surface area contributed by atoms with Gasteiger partial charge in [-0.15, -0.1) is 13.2 Å². The van der Waals surface area contributed by atoms with Gasteiger partial charge in [-0.2, -0.15) is 5.10 Å². The van der Waals surface area contributed by atoms with Crippen LogP contribution in [0.15, 0.2) is 45.7 Å². The molecule has 2 heterocycles. The molecule has 0 radical (unpaired) electrons. The molecule has 0 aliphatic carbocycles. The van der Waals surface area contributed by atoms with Crippen molar-refractivity contribution in [2.75, 3.05) is 0 Å². The average Bonchev–Trinajstić information content (AvgIpc) is 2.87. The van der Waals surface area contributed by atoms with Crippen LogP contribution in [0.4, 0.5) is 13.2 Å². The van der Waals surface area contributed by atoms with Crippen molar-refractivity contribution in [3.05, 3.63) is 63.8 Å². The van der Waals surface area contributed by atoms with Crippen LogP contribution in [-0.4, -0.2) is 21.3 Å². The van der Waals surface area contributed by atoms with Crippen molar-refractivity contribution in [1.29, 1.82) is 0 Å². The highest BCUT2D eigenvalue weighted by atomic mass is 19.4. The SMILES string of the molecule is Cc1noc(C)c1-c1ccc(=O)n(Cc2cccc(OC(F)(F)F)c2)n1. The van der Waals surface area contributed by atoms with Crippen LogP contribution in [-0.2, 0) is 6.54 Å². The first-order valence-corrected chi connectivity index (χ1v) is 7.59. The molecule has 0 spiro atoms. The van der Waals surface area contributed by atoms with E-state index >= 15 is 0 Å². The lowest BCUT2D eigenvalue weighted by Gasteiger charge is -2.11. The molecule has 0 atom stereocenters. The number of hydrogen-bond donors (Lipinski definition) is 0. The van der Waals surface area contributed by atoms with Crippen LogP contribution in [0.3, 0.4) is 0 Å². The summed E-state index contributed by atoms with van der Waals surface area (Å²) in [5.41, 5.74) is 1.84. The van der Waals surface area contributed by atoms with Gasteiger partial charge in [0.05, 0.1) is 23.5 Å². The van der Waals surface area contributed by atoms with E-state index in [1.807, 2.05) is 0 Å². The maximum atomic E-state index is 12.3. The van der Waals surface area contributed by atoms with Gasteiger partial charge in [0.2, 0.25) is 0 Å². The van der Waals surface area contributed by atoms with E-state index in [0.29, 0.717) is 28.3 Å². The number of rotatable bonds is 4. The minimum atomic E-state index is -4.78. The van der Waals surface area contributed by atoms with Crippen molar-refractivity contribution >= 4 is 0 Å². The second kappa shape index (κ2) is 6.66. The van der Waals surface area contributed by atoms with Crippen LogP contribution in [0.2, 0.25) is 0 Å². The Morgan fingerprint density at radius 1 is 1.19 bits per heavy atom. The number of nitrogens with zero attached hydrogens (tertiary/aromatic N) is 3. The average molecular weight is 365 g/mol. The lowest BCUT2D eigenvalue weighted by molar-refractivity contribution is -0.274. The van der Waals surface area contributed by atoms with E-state index in [-0.39, 0.29) is 17.9 Å². The van der Waals surface area contributed by atoms with Crippen LogP contribution in [0, 0.1) is 13.8 Å². The van der Waals surface area contributed by atoms with E-state index in [4.69, 9.17) is 4.52 Å². The van der Waals surface area contributed by atoms with E-state index < -0.39 is 6.36 Å². The van der Waals surface area contributed by atoms with E-state index in [1.54, 1.807) is 26.0 Å². The normalized spacial score (nSPS) is 11.6. The molecule has 0 aliphatic heterocycles. The highest BCUT2D eigenvalue weighted by molar-refractivity contribution is 5.62. The number of alkyl halides is 3. The van der Waals surface area contributed by atoms with E-state index in [0.717, 1.165) is 4.68 Å². The Morgan fingerprint density at radius 2 is 1.96 bits per heavy atom. The first-order valence-electron chi connectivity index (χ1n) is 7.59. The summed E-state index contributed by atoms with van der Waals surface area (Å²) in [5, 5.41) is 8.13. The molecule has 0 saturated carbocycles. The van der Waals surface area contributed by atoms with Crippen molar-refractivity contribution in [2.24, 2.45) is 0 Å². The fourth-order valence-electron chi connectivity index (χ4n) is 2.56. The molecule has 0 saturated heterocycles. The molecule has 0 unspecified atom stereocenters. The molecule has 0 amide bonds. The molecule has 3 aromatic rings. The lowest BCUT2D eigenvalue weighted by atomic mass is 10.1. The lowest BCUT2D eigenvalue weighted by Crippen LogP contribution is -2.23. The van der Waals surface area contributed by atoms with Crippen molar-refractivity contribution in [2.45, 2.75) is 26.8 Å². The Balaban J connectivity index is 1.92. The molecule has 2 aromatic heterocycles. The second-order valence-corrected chi connectivity index (χ2v) is 5.61. The minimum absolute atomic E-state index is 0.00882. The van der Waals surface area contributed by atoms with Gasteiger partial charge in [0.25, 0.3) is 5.56 Å². The standard InChI is InChI=1S/C17H14F3N3O3/c1-10-16(11(2)26-22-10)14-6-7-15(24)23(21-14)9-12-4-3-5-13(8-12)25-17(18,19)20/h3-8H,9H2,1-2H3. The largest absolute Gasteiger partial charge is 0.573 e. The molecule has 26 heavy (non-hydrogen) atoms. The Labute approximate surface area is 145 Å². The molecule has 0 aliphatic rings. The van der Waals surface area contributed by atoms with Gasteiger partial charge in [-0.05, 0) is 37.6 Å². The van der Waals surface area contributed by atoms with Crippen LogP contribution in [0.5, 0.6) is 5.75 Å². The number of aryl methyl sites for hydroxylation is 2. The summed E-state index contributed by atoms with van der Waals surface area (Å²) in [6, 6.07) is 8.29. The summed E-state index contributed by atoms with van der Waals surface area (Å²) >= 11 is 0. The zero-order valence-corrected chi connectivity index (χ0v) is 13.9. The maximum Gasteiger partial charge on any atom is 0.573 e. The van der Waals surface area contributed by atoms with Gasteiger partial charge < -0.3 is 9.26 Å². The second-order valence-electron chi connectivity index (χ2n) is 5.61. The number of aromatic nitrogens is 3. The fraction of sp³-hybridized carbons (Fsp3) is 0.235. The zero-order chi connectivity index (χ0) is 18.9. The third-order valence-corrected chi connectivity index (χ3v) is 3.62. The molecular formula is C17H14F3N3O3. The number of benzene rings is 1. The molecule has 3 rings (SSSR count). The number of hydrogen-bond acceptors (Lipinski definition) is 5. The van der Waals surface area contributed by atoms with Gasteiger partial charge in [-0.1, -0.05) is 17.3 Å². The molecular weight excluding hydrogens is 351 g/mol. The third kappa shape index (κ3) is 3.93. The van der Waals surface area contributed by atoms with E-state index in [1.165, 1.54) is 24.3 Å². The molecule has 0 bridgehead atoms. The van der Waals surface area contributed by atoms with Crippen LogP contribution in [0.1, 0.15) is 17.0 Å². The molecule has 136 valence electrons. The monoisotopic (exact) mass is 365 g/mol. The predicted molar refractivity (Wildman–Crippen MR) is 85.7 cm³/mol. The Hall–Kier alpha value is -3.10. The smallest absolute Gasteiger partial charge is 0.406 e. The molecule has 0 N–H and O–H groups in total. The number of halogens is 3. The van der Waals surface area contributed by atoms with Gasteiger partial charge in [-0.3, -0.25) is 4.79 Å². The Morgan fingerprint density at radius 3 is 2.62 bits per heavy atom. The summed E-state index contributed by atoms with van der Waals surface area (Å²) in [6.07, 6.45) is -4.78. The van der Waals surface area contributed by atoms with Gasteiger partial charge in [0.1, 0.15) is 11.5 Å². The quantitative estimate of drug-likeness (QED) is 0.708. The topological polar surface area (TPSA) is 70.2 Å². The maximum absolute atomic E-state index is 12.3. The van der Waals surface area contributed by atoms with Crippen molar-refractivity contribution in [1.82, 2.24) is 14.9 Å². The highest BCUT2D eigenvalue weighted by Crippen LogP contribution is 2.25. The molecule has 9 heteroatoms. The molecule has 6 nitrogen and oxygen atoms in total. The van der Waals surface area contributed by atoms with Crippen LogP contribution >= 0.6 is 0 Å². The first kappa shape index (κ1) is 17.7. The number of ether oxygens (including phenoxy) is 1. The summed E-state index contributed by atoms with van der Waals surface area (Å²) in [7, 11) is 0. The zero-order valence-electron chi connectivity index (χ0n) is 13.9. The van der Waals surface area contributed by atoms with Gasteiger partial charge in [0, 0.05) is 6.07 Å². The predicted octanol–water partition coefficient (Wildman–Crippen LogP) is 3.46. The van der Waals surface area contributed by atoms with E-state index in [9.17, 15) is 18.0 Å². The first-order chi connectivity index (χ1) is 12.2. The van der Waals surface area contributed by atoms with E-state index in [2.05, 4.69) is 15.0 Å². The Kier molecular flexibility index (Phi) is 4.54. The summed E-state index contributed by atoms with van der Waals surface area (Å²) in [4.78, 5) is 12.1. The van der Waals surface area contributed by atoms with Crippen molar-refractivity contribution in [3.63, 3.8) is 0 Å². The van der Waals surface area contributed by atoms with Gasteiger partial charge in [-0.25, -0.2) is 4.68 Å². The summed E-state index contributed by atoms with van der Waals surface area (Å²) in [6.45, 7) is 3.47. The van der Waals surface area contributed by atoms with Crippen LogP contribution in [0.25, 0.3) is 11.3 Å². The highest BCUT2D eigenvalue weighted by Gasteiger charge is 2.31.